The molecule has 1 amide bonds. The smallest absolute Gasteiger partial charge is 0.343 e. The van der Waals surface area contributed by atoms with Crippen molar-refractivity contribution in [2.45, 2.75) is 26.7 Å². The number of rotatable bonds is 12. The predicted molar refractivity (Wildman–Crippen MR) is 137 cm³/mol. The molecule has 0 radical (unpaired) electrons. The van der Waals surface area contributed by atoms with Crippen LogP contribution in [-0.2, 0) is 0 Å². The van der Waals surface area contributed by atoms with Gasteiger partial charge >= 0.3 is 5.97 Å². The molecule has 0 heterocycles. The number of benzene rings is 3. The topological polar surface area (TPSA) is 95.5 Å². The van der Waals surface area contributed by atoms with Gasteiger partial charge in [0.2, 0.25) is 0 Å². The number of amides is 1. The Morgan fingerprint density at radius 3 is 2.17 bits per heavy atom. The largest absolute Gasteiger partial charge is 0.494 e. The molecule has 3 aromatic carbocycles. The second-order valence-electron chi connectivity index (χ2n) is 7.68. The molecule has 0 unspecified atom stereocenters. The Morgan fingerprint density at radius 2 is 1.53 bits per heavy atom. The van der Waals surface area contributed by atoms with E-state index in [0.717, 1.165) is 18.6 Å². The normalized spacial score (nSPS) is 10.6. The second kappa shape index (κ2) is 13.5. The third kappa shape index (κ3) is 7.59. The van der Waals surface area contributed by atoms with Gasteiger partial charge < -0.3 is 18.9 Å². The Bertz CT molecular complexity index is 1170. The molecule has 0 saturated carbocycles. The summed E-state index contributed by atoms with van der Waals surface area (Å²) in [4.78, 5) is 24.8. The van der Waals surface area contributed by atoms with Crippen LogP contribution in [-0.4, -0.2) is 38.4 Å². The van der Waals surface area contributed by atoms with Crippen LogP contribution in [0, 0.1) is 0 Å². The van der Waals surface area contributed by atoms with E-state index in [2.05, 4.69) is 17.5 Å². The van der Waals surface area contributed by atoms with Crippen molar-refractivity contribution >= 4 is 18.1 Å². The number of hydrogen-bond donors (Lipinski definition) is 1. The molecule has 0 aromatic heterocycles. The van der Waals surface area contributed by atoms with Crippen LogP contribution in [0.15, 0.2) is 71.8 Å². The van der Waals surface area contributed by atoms with E-state index in [9.17, 15) is 9.59 Å². The molecule has 0 spiro atoms. The molecule has 0 fully saturated rings. The van der Waals surface area contributed by atoms with Crippen LogP contribution >= 0.6 is 0 Å². The van der Waals surface area contributed by atoms with Crippen molar-refractivity contribution in [1.29, 1.82) is 0 Å². The van der Waals surface area contributed by atoms with Crippen molar-refractivity contribution in [3.05, 3.63) is 83.4 Å². The summed E-state index contributed by atoms with van der Waals surface area (Å²) in [6, 6.07) is 18.5. The number of hydrogen-bond acceptors (Lipinski definition) is 7. The summed E-state index contributed by atoms with van der Waals surface area (Å²) in [7, 11) is 1.47. The third-order valence-corrected chi connectivity index (χ3v) is 5.05. The van der Waals surface area contributed by atoms with Crippen LogP contribution in [0.1, 0.15) is 53.0 Å². The predicted octanol–water partition coefficient (Wildman–Crippen LogP) is 5.26. The van der Waals surface area contributed by atoms with Gasteiger partial charge in [0.15, 0.2) is 11.5 Å². The quantitative estimate of drug-likeness (QED) is 0.122. The average Bonchev–Trinajstić information content (AvgIpc) is 2.90. The fourth-order valence-corrected chi connectivity index (χ4v) is 3.13. The van der Waals surface area contributed by atoms with Gasteiger partial charge in [-0.1, -0.05) is 13.3 Å². The lowest BCUT2D eigenvalue weighted by Gasteiger charge is -2.10. The van der Waals surface area contributed by atoms with Gasteiger partial charge in [-0.3, -0.25) is 4.79 Å². The van der Waals surface area contributed by atoms with Crippen LogP contribution in [0.25, 0.3) is 0 Å². The Kier molecular flexibility index (Phi) is 9.88. The number of unbranched alkanes of at least 4 members (excludes halogenated alkanes) is 1. The van der Waals surface area contributed by atoms with Gasteiger partial charge in [-0.05, 0) is 85.6 Å². The zero-order valence-corrected chi connectivity index (χ0v) is 20.7. The molecule has 3 aromatic rings. The highest BCUT2D eigenvalue weighted by Crippen LogP contribution is 2.28. The van der Waals surface area contributed by atoms with Gasteiger partial charge in [0.25, 0.3) is 5.91 Å². The second-order valence-corrected chi connectivity index (χ2v) is 7.68. The van der Waals surface area contributed by atoms with E-state index >= 15 is 0 Å². The van der Waals surface area contributed by atoms with Gasteiger partial charge in [-0.2, -0.15) is 5.10 Å². The average molecular weight is 491 g/mol. The monoisotopic (exact) mass is 490 g/mol. The first kappa shape index (κ1) is 26.3. The molecule has 3 rings (SSSR count). The van der Waals surface area contributed by atoms with Crippen molar-refractivity contribution in [2.24, 2.45) is 5.10 Å². The van der Waals surface area contributed by atoms with Crippen LogP contribution in [0.2, 0.25) is 0 Å². The van der Waals surface area contributed by atoms with Crippen LogP contribution in [0.5, 0.6) is 23.0 Å². The van der Waals surface area contributed by atoms with E-state index in [-0.39, 0.29) is 11.7 Å². The molecule has 188 valence electrons. The van der Waals surface area contributed by atoms with Crippen molar-refractivity contribution in [3.8, 4) is 23.0 Å². The summed E-state index contributed by atoms with van der Waals surface area (Å²) in [5.74, 6) is 1.14. The Hall–Kier alpha value is -4.33. The number of carbonyl (C=O) groups excluding carboxylic acids is 2. The maximum atomic E-state index is 12.5. The number of ether oxygens (including phenoxy) is 4. The summed E-state index contributed by atoms with van der Waals surface area (Å²) in [5, 5.41) is 4.01. The van der Waals surface area contributed by atoms with Crippen molar-refractivity contribution in [1.82, 2.24) is 5.43 Å². The summed E-state index contributed by atoms with van der Waals surface area (Å²) in [6.45, 7) is 5.18. The Labute approximate surface area is 210 Å². The minimum atomic E-state index is -0.521. The lowest BCUT2D eigenvalue weighted by atomic mass is 10.2. The first-order valence-electron chi connectivity index (χ1n) is 11.7. The molecule has 0 aliphatic carbocycles. The van der Waals surface area contributed by atoms with Crippen LogP contribution in [0.4, 0.5) is 0 Å². The third-order valence-electron chi connectivity index (χ3n) is 5.05. The Morgan fingerprint density at radius 1 is 0.861 bits per heavy atom. The molecule has 0 aliphatic rings. The summed E-state index contributed by atoms with van der Waals surface area (Å²) >= 11 is 0. The number of hydrazone groups is 1. The zero-order valence-electron chi connectivity index (χ0n) is 20.7. The molecular formula is C28H30N2O6. The molecule has 0 atom stereocenters. The minimum Gasteiger partial charge on any atom is -0.494 e. The van der Waals surface area contributed by atoms with Crippen molar-refractivity contribution < 1.29 is 28.5 Å². The highest BCUT2D eigenvalue weighted by Gasteiger charge is 2.13. The summed E-state index contributed by atoms with van der Waals surface area (Å²) in [5.41, 5.74) is 3.98. The van der Waals surface area contributed by atoms with E-state index in [1.165, 1.54) is 13.3 Å². The van der Waals surface area contributed by atoms with E-state index in [1.54, 1.807) is 66.7 Å². The highest BCUT2D eigenvalue weighted by molar-refractivity contribution is 5.95. The molecule has 0 saturated heterocycles. The first-order chi connectivity index (χ1) is 17.5. The maximum Gasteiger partial charge on any atom is 0.343 e. The van der Waals surface area contributed by atoms with Crippen LogP contribution < -0.4 is 24.4 Å². The molecular weight excluding hydrogens is 460 g/mol. The maximum absolute atomic E-state index is 12.5. The molecule has 0 bridgehead atoms. The van der Waals surface area contributed by atoms with Gasteiger partial charge in [-0.25, -0.2) is 10.2 Å². The minimum absolute atomic E-state index is 0.263. The van der Waals surface area contributed by atoms with Gasteiger partial charge in [0.05, 0.1) is 32.1 Å². The van der Waals surface area contributed by atoms with E-state index in [0.29, 0.717) is 41.4 Å². The number of nitrogens with one attached hydrogen (secondary N) is 1. The van der Waals surface area contributed by atoms with Gasteiger partial charge in [0.1, 0.15) is 11.5 Å². The first-order valence-corrected chi connectivity index (χ1v) is 11.7. The number of nitrogens with zero attached hydrogens (tertiary/aromatic N) is 1. The van der Waals surface area contributed by atoms with Gasteiger partial charge in [-0.15, -0.1) is 0 Å². The van der Waals surface area contributed by atoms with Gasteiger partial charge in [0, 0.05) is 5.56 Å². The Balaban J connectivity index is 1.58. The highest BCUT2D eigenvalue weighted by atomic mass is 16.6. The fourth-order valence-electron chi connectivity index (χ4n) is 3.13. The summed E-state index contributed by atoms with van der Waals surface area (Å²) < 4.78 is 21.8. The molecule has 36 heavy (non-hydrogen) atoms. The number of carbonyl (C=O) groups is 2. The standard InChI is InChI=1S/C28H30N2O6/c1-4-6-17-35-24-12-8-21(9-13-24)27(31)30-29-19-20-7-16-25(26(18-20)33-3)36-28(32)22-10-14-23(15-11-22)34-5-2/h7-16,18-19H,4-6,17H2,1-3H3,(H,30,31)/b29-19-. The lowest BCUT2D eigenvalue weighted by molar-refractivity contribution is 0.0729. The molecule has 0 aliphatic heterocycles. The van der Waals surface area contributed by atoms with E-state index in [1.807, 2.05) is 6.92 Å². The lowest BCUT2D eigenvalue weighted by Crippen LogP contribution is -2.17. The zero-order chi connectivity index (χ0) is 25.8. The molecule has 8 nitrogen and oxygen atoms in total. The molecule has 1 N–H and O–H groups in total. The van der Waals surface area contributed by atoms with Crippen molar-refractivity contribution in [3.63, 3.8) is 0 Å². The van der Waals surface area contributed by atoms with Crippen LogP contribution in [0.3, 0.4) is 0 Å². The fraction of sp³-hybridized carbons (Fsp3) is 0.250. The molecule has 8 heteroatoms. The number of methoxy groups -OCH3 is 1. The summed E-state index contributed by atoms with van der Waals surface area (Å²) in [6.07, 6.45) is 3.51. The van der Waals surface area contributed by atoms with Crippen molar-refractivity contribution in [2.75, 3.05) is 20.3 Å². The van der Waals surface area contributed by atoms with E-state index < -0.39 is 5.97 Å². The SMILES string of the molecule is CCCCOc1ccc(C(=O)N/N=C\c2ccc(OC(=O)c3ccc(OCC)cc3)c(OC)c2)cc1. The number of esters is 1. The van der Waals surface area contributed by atoms with E-state index in [4.69, 9.17) is 18.9 Å².